The van der Waals surface area contributed by atoms with Crippen molar-refractivity contribution in [3.05, 3.63) is 35.6 Å². The topological polar surface area (TPSA) is 71.1 Å². The summed E-state index contributed by atoms with van der Waals surface area (Å²) in [6, 6.07) is 4.91. The molecule has 7 nitrogen and oxygen atoms in total. The maximum atomic E-state index is 13.3. The number of piperidine rings is 2. The summed E-state index contributed by atoms with van der Waals surface area (Å²) in [5, 5.41) is 2.86. The number of hydrogen-bond donors (Lipinski definition) is 1. The van der Waals surface area contributed by atoms with Gasteiger partial charge >= 0.3 is 12.2 Å². The van der Waals surface area contributed by atoms with Crippen molar-refractivity contribution in [3.8, 4) is 0 Å². The van der Waals surface area contributed by atoms with Crippen molar-refractivity contribution in [2.45, 2.75) is 43.7 Å². The zero-order valence-corrected chi connectivity index (χ0v) is 18.0. The lowest BCUT2D eigenvalue weighted by Gasteiger charge is -2.44. The fourth-order valence-corrected chi connectivity index (χ4v) is 4.81. The molecule has 0 aliphatic carbocycles. The molecule has 0 spiro atoms. The van der Waals surface area contributed by atoms with Gasteiger partial charge in [0.15, 0.2) is 0 Å². The lowest BCUT2D eigenvalue weighted by molar-refractivity contribution is -0.193. The molecule has 3 fully saturated rings. The highest BCUT2D eigenvalue weighted by molar-refractivity contribution is 5.79. The largest absolute Gasteiger partial charge is 0.411 e. The fraction of sp³-hybridized carbons (Fsp3) is 0.636. The predicted octanol–water partition coefficient (Wildman–Crippen LogP) is 2.87. The van der Waals surface area contributed by atoms with Gasteiger partial charge in [0.05, 0.1) is 18.2 Å². The van der Waals surface area contributed by atoms with E-state index in [9.17, 15) is 27.2 Å². The molecule has 0 aromatic heterocycles. The van der Waals surface area contributed by atoms with Gasteiger partial charge in [-0.05, 0) is 42.9 Å². The van der Waals surface area contributed by atoms with Gasteiger partial charge in [0, 0.05) is 26.2 Å². The van der Waals surface area contributed by atoms with Crippen LogP contribution in [0.4, 0.5) is 22.4 Å². The van der Waals surface area contributed by atoms with E-state index in [2.05, 4.69) is 5.32 Å². The lowest BCUT2D eigenvalue weighted by Crippen LogP contribution is -2.62. The number of nitrogens with one attached hydrogen (secondary N) is 1. The van der Waals surface area contributed by atoms with Gasteiger partial charge in [-0.3, -0.25) is 4.79 Å². The SMILES string of the molecule is O=C1CO[C@H]2CCN(C(=O)N3CCC(C(OCC(F)(F)F)c4ccc(F)cc4)CC3)C[C@H]2N1. The second-order valence-electron chi connectivity index (χ2n) is 8.76. The van der Waals surface area contributed by atoms with E-state index in [1.54, 1.807) is 9.80 Å². The summed E-state index contributed by atoms with van der Waals surface area (Å²) >= 11 is 0. The van der Waals surface area contributed by atoms with E-state index in [0.29, 0.717) is 51.0 Å². The van der Waals surface area contributed by atoms with Crippen molar-refractivity contribution in [1.29, 1.82) is 0 Å². The van der Waals surface area contributed by atoms with Crippen molar-refractivity contribution >= 4 is 11.9 Å². The minimum absolute atomic E-state index is 0.0360. The molecule has 1 aromatic carbocycles. The zero-order valence-electron chi connectivity index (χ0n) is 18.0. The van der Waals surface area contributed by atoms with Crippen LogP contribution in [0.1, 0.15) is 30.9 Å². The first-order valence-electron chi connectivity index (χ1n) is 11.1. The Hall–Kier alpha value is -2.40. The molecule has 182 valence electrons. The number of ether oxygens (including phenoxy) is 2. The van der Waals surface area contributed by atoms with Gasteiger partial charge in [0.25, 0.3) is 0 Å². The number of carbonyl (C=O) groups is 2. The van der Waals surface area contributed by atoms with E-state index in [0.717, 1.165) is 0 Å². The molecule has 1 N–H and O–H groups in total. The summed E-state index contributed by atoms with van der Waals surface area (Å²) < 4.78 is 62.5. The zero-order chi connectivity index (χ0) is 23.6. The molecule has 3 aliphatic rings. The number of fused-ring (bicyclic) bond motifs is 1. The summed E-state index contributed by atoms with van der Waals surface area (Å²) in [6.07, 6.45) is -3.85. The van der Waals surface area contributed by atoms with Crippen molar-refractivity contribution in [2.24, 2.45) is 5.92 Å². The molecule has 3 aliphatic heterocycles. The van der Waals surface area contributed by atoms with Crippen LogP contribution >= 0.6 is 0 Å². The third kappa shape index (κ3) is 5.94. The number of benzene rings is 1. The Labute approximate surface area is 189 Å². The normalized spacial score (nSPS) is 25.4. The molecule has 1 unspecified atom stereocenters. The number of halogens is 4. The Morgan fingerprint density at radius 1 is 1.12 bits per heavy atom. The van der Waals surface area contributed by atoms with Crippen LogP contribution in [0.3, 0.4) is 0 Å². The monoisotopic (exact) mass is 473 g/mol. The van der Waals surface area contributed by atoms with Crippen LogP contribution in [0.25, 0.3) is 0 Å². The third-order valence-corrected chi connectivity index (χ3v) is 6.46. The first-order valence-corrected chi connectivity index (χ1v) is 11.1. The molecule has 3 amide bonds. The third-order valence-electron chi connectivity index (χ3n) is 6.46. The average Bonchev–Trinajstić information content (AvgIpc) is 2.79. The molecule has 0 bridgehead atoms. The minimum Gasteiger partial charge on any atom is -0.366 e. The van der Waals surface area contributed by atoms with Crippen LogP contribution in [0.2, 0.25) is 0 Å². The molecule has 33 heavy (non-hydrogen) atoms. The van der Waals surface area contributed by atoms with Crippen LogP contribution in [0.5, 0.6) is 0 Å². The number of likely N-dealkylation sites (tertiary alicyclic amines) is 2. The maximum absolute atomic E-state index is 13.3. The number of nitrogens with zero attached hydrogens (tertiary/aromatic N) is 2. The van der Waals surface area contributed by atoms with Crippen LogP contribution in [-0.2, 0) is 14.3 Å². The Balaban J connectivity index is 1.36. The molecule has 4 rings (SSSR count). The van der Waals surface area contributed by atoms with Gasteiger partial charge in [0.2, 0.25) is 5.91 Å². The average molecular weight is 473 g/mol. The van der Waals surface area contributed by atoms with Crippen molar-refractivity contribution < 1.29 is 36.6 Å². The summed E-state index contributed by atoms with van der Waals surface area (Å²) in [5.41, 5.74) is 0.487. The second-order valence-corrected chi connectivity index (χ2v) is 8.76. The highest BCUT2D eigenvalue weighted by Crippen LogP contribution is 2.35. The number of hydrogen-bond acceptors (Lipinski definition) is 4. The Bertz CT molecular complexity index is 843. The quantitative estimate of drug-likeness (QED) is 0.683. The molecule has 3 heterocycles. The highest BCUT2D eigenvalue weighted by Gasteiger charge is 2.39. The van der Waals surface area contributed by atoms with Crippen molar-refractivity contribution in [1.82, 2.24) is 15.1 Å². The summed E-state index contributed by atoms with van der Waals surface area (Å²) in [4.78, 5) is 28.0. The van der Waals surface area contributed by atoms with Crippen LogP contribution in [0.15, 0.2) is 24.3 Å². The first-order chi connectivity index (χ1) is 15.7. The minimum atomic E-state index is -4.47. The van der Waals surface area contributed by atoms with E-state index >= 15 is 0 Å². The summed E-state index contributed by atoms with van der Waals surface area (Å²) in [5.74, 6) is -0.909. The number of morpholine rings is 1. The molecule has 3 atom stereocenters. The number of carbonyl (C=O) groups excluding carboxylic acids is 2. The standard InChI is InChI=1S/C22H27F4N3O4/c23-16-3-1-14(2-4-16)20(33-13-22(24,25)26)15-5-8-28(9-6-15)21(31)29-10-7-18-17(11-29)27-19(30)12-32-18/h1-4,15,17-18,20H,5-13H2,(H,27,30)/t17-,18+,20?/m1/s1. The molecule has 3 saturated heterocycles. The smallest absolute Gasteiger partial charge is 0.366 e. The van der Waals surface area contributed by atoms with Crippen molar-refractivity contribution in [3.63, 3.8) is 0 Å². The van der Waals surface area contributed by atoms with Crippen LogP contribution in [-0.4, -0.2) is 79.5 Å². The fourth-order valence-electron chi connectivity index (χ4n) is 4.81. The van der Waals surface area contributed by atoms with Gasteiger partial charge in [-0.15, -0.1) is 0 Å². The van der Waals surface area contributed by atoms with Gasteiger partial charge in [-0.25, -0.2) is 9.18 Å². The van der Waals surface area contributed by atoms with Gasteiger partial charge in [-0.2, -0.15) is 13.2 Å². The molecule has 0 radical (unpaired) electrons. The van der Waals surface area contributed by atoms with E-state index in [1.807, 2.05) is 0 Å². The summed E-state index contributed by atoms with van der Waals surface area (Å²) in [7, 11) is 0. The predicted molar refractivity (Wildman–Crippen MR) is 109 cm³/mol. The summed E-state index contributed by atoms with van der Waals surface area (Å²) in [6.45, 7) is 0.283. The second kappa shape index (κ2) is 9.84. The number of amides is 3. The van der Waals surface area contributed by atoms with Gasteiger partial charge < -0.3 is 24.6 Å². The number of rotatable bonds is 4. The van der Waals surface area contributed by atoms with Crippen LogP contribution < -0.4 is 5.32 Å². The molecule has 1 aromatic rings. The van der Waals surface area contributed by atoms with Gasteiger partial charge in [-0.1, -0.05) is 12.1 Å². The van der Waals surface area contributed by atoms with E-state index in [1.165, 1.54) is 24.3 Å². The molecule has 0 saturated carbocycles. The lowest BCUT2D eigenvalue weighted by atomic mass is 9.87. The van der Waals surface area contributed by atoms with E-state index < -0.39 is 24.7 Å². The van der Waals surface area contributed by atoms with E-state index in [4.69, 9.17) is 9.47 Å². The van der Waals surface area contributed by atoms with Crippen LogP contribution in [0, 0.1) is 11.7 Å². The maximum Gasteiger partial charge on any atom is 0.411 e. The highest BCUT2D eigenvalue weighted by atomic mass is 19.4. The molecular formula is C22H27F4N3O4. The van der Waals surface area contributed by atoms with Crippen molar-refractivity contribution in [2.75, 3.05) is 39.4 Å². The van der Waals surface area contributed by atoms with E-state index in [-0.39, 0.29) is 36.6 Å². The Morgan fingerprint density at radius 3 is 2.45 bits per heavy atom. The molecule has 11 heteroatoms. The Morgan fingerprint density at radius 2 is 1.79 bits per heavy atom. The molecular weight excluding hydrogens is 446 g/mol. The van der Waals surface area contributed by atoms with Gasteiger partial charge in [0.1, 0.15) is 19.0 Å². The first kappa shape index (κ1) is 23.7. The Kier molecular flexibility index (Phi) is 7.08. The number of urea groups is 1. The number of alkyl halides is 3.